The van der Waals surface area contributed by atoms with E-state index in [4.69, 9.17) is 9.15 Å². The van der Waals surface area contributed by atoms with Gasteiger partial charge in [-0.3, -0.25) is 9.69 Å². The summed E-state index contributed by atoms with van der Waals surface area (Å²) in [5.74, 6) is 1.34. The van der Waals surface area contributed by atoms with Gasteiger partial charge in [0, 0.05) is 6.54 Å². The summed E-state index contributed by atoms with van der Waals surface area (Å²) in [6.45, 7) is 0.442. The third-order valence-corrected chi connectivity index (χ3v) is 4.08. The number of fused-ring (bicyclic) bond motifs is 1. The lowest BCUT2D eigenvalue weighted by Gasteiger charge is -2.22. The van der Waals surface area contributed by atoms with Gasteiger partial charge in [0.1, 0.15) is 11.5 Å². The second-order valence-corrected chi connectivity index (χ2v) is 6.10. The first-order valence-electron chi connectivity index (χ1n) is 8.21. The highest BCUT2D eigenvalue weighted by atomic mass is 16.5. The Morgan fingerprint density at radius 1 is 1.12 bits per heavy atom. The molecule has 0 aliphatic heterocycles. The van der Waals surface area contributed by atoms with Crippen molar-refractivity contribution in [3.05, 3.63) is 66.6 Å². The van der Waals surface area contributed by atoms with Gasteiger partial charge in [0.05, 0.1) is 12.3 Å². The summed E-state index contributed by atoms with van der Waals surface area (Å²) < 4.78 is 11.0. The molecule has 0 unspecified atom stereocenters. The zero-order chi connectivity index (χ0) is 17.6. The fourth-order valence-electron chi connectivity index (χ4n) is 2.69. The van der Waals surface area contributed by atoms with Crippen molar-refractivity contribution >= 4 is 16.7 Å². The minimum Gasteiger partial charge on any atom is -0.484 e. The van der Waals surface area contributed by atoms with Gasteiger partial charge in [-0.1, -0.05) is 30.3 Å². The van der Waals surface area contributed by atoms with Crippen molar-refractivity contribution in [1.29, 1.82) is 0 Å². The third kappa shape index (κ3) is 4.39. The van der Waals surface area contributed by atoms with Crippen LogP contribution in [0.2, 0.25) is 0 Å². The molecule has 0 bridgehead atoms. The molecule has 1 amide bonds. The van der Waals surface area contributed by atoms with E-state index < -0.39 is 0 Å². The number of likely N-dealkylation sites (N-methyl/N-ethyl adjacent to an activating group) is 1. The lowest BCUT2D eigenvalue weighted by molar-refractivity contribution is -0.123. The average molecular weight is 338 g/mol. The Kier molecular flexibility index (Phi) is 5.36. The van der Waals surface area contributed by atoms with E-state index in [1.807, 2.05) is 73.6 Å². The van der Waals surface area contributed by atoms with Crippen molar-refractivity contribution in [1.82, 2.24) is 10.2 Å². The molecular weight excluding hydrogens is 316 g/mol. The smallest absolute Gasteiger partial charge is 0.258 e. The predicted molar refractivity (Wildman–Crippen MR) is 97.6 cm³/mol. The van der Waals surface area contributed by atoms with Crippen LogP contribution in [0.1, 0.15) is 11.8 Å². The highest BCUT2D eigenvalue weighted by Crippen LogP contribution is 2.20. The van der Waals surface area contributed by atoms with Gasteiger partial charge in [0.25, 0.3) is 5.91 Å². The molecule has 2 aromatic carbocycles. The van der Waals surface area contributed by atoms with Gasteiger partial charge >= 0.3 is 0 Å². The van der Waals surface area contributed by atoms with Crippen LogP contribution in [0.5, 0.6) is 5.75 Å². The van der Waals surface area contributed by atoms with Crippen LogP contribution in [0, 0.1) is 0 Å². The minimum atomic E-state index is -0.161. The molecule has 0 aliphatic carbocycles. The quantitative estimate of drug-likeness (QED) is 0.719. The Morgan fingerprint density at radius 2 is 1.92 bits per heavy atom. The molecule has 5 nitrogen and oxygen atoms in total. The summed E-state index contributed by atoms with van der Waals surface area (Å²) in [5.41, 5.74) is 0. The molecule has 5 heteroatoms. The summed E-state index contributed by atoms with van der Waals surface area (Å²) in [7, 11) is 3.90. The lowest BCUT2D eigenvalue weighted by Crippen LogP contribution is -2.36. The molecule has 1 atom stereocenters. The Labute approximate surface area is 147 Å². The summed E-state index contributed by atoms with van der Waals surface area (Å²) in [6.07, 6.45) is 1.64. The number of furan rings is 1. The molecule has 130 valence electrons. The maximum absolute atomic E-state index is 12.1. The van der Waals surface area contributed by atoms with Gasteiger partial charge in [0.15, 0.2) is 6.61 Å². The standard InChI is InChI=1S/C20H22N2O3/c1-22(2)18(19-8-5-11-24-19)13-21-20(23)14-25-17-10-9-15-6-3-4-7-16(15)12-17/h3-12,18H,13-14H2,1-2H3,(H,21,23)/t18-/m0/s1. The molecule has 0 saturated heterocycles. The van der Waals surface area contributed by atoms with Crippen LogP contribution in [0.3, 0.4) is 0 Å². The van der Waals surface area contributed by atoms with Gasteiger partial charge in [-0.15, -0.1) is 0 Å². The van der Waals surface area contributed by atoms with E-state index in [9.17, 15) is 4.79 Å². The van der Waals surface area contributed by atoms with Crippen LogP contribution in [0.15, 0.2) is 65.3 Å². The third-order valence-electron chi connectivity index (χ3n) is 4.08. The Hall–Kier alpha value is -2.79. The maximum atomic E-state index is 12.1. The molecule has 1 N–H and O–H groups in total. The van der Waals surface area contributed by atoms with Crippen molar-refractivity contribution in [2.45, 2.75) is 6.04 Å². The van der Waals surface area contributed by atoms with E-state index in [-0.39, 0.29) is 18.6 Å². The van der Waals surface area contributed by atoms with E-state index in [0.29, 0.717) is 12.3 Å². The number of amides is 1. The summed E-state index contributed by atoms with van der Waals surface area (Å²) in [6, 6.07) is 17.6. The Balaban J connectivity index is 1.53. The van der Waals surface area contributed by atoms with Crippen LogP contribution < -0.4 is 10.1 Å². The SMILES string of the molecule is CN(C)[C@@H](CNC(=O)COc1ccc2ccccc2c1)c1ccco1. The average Bonchev–Trinajstić information content (AvgIpc) is 3.14. The van der Waals surface area contributed by atoms with Gasteiger partial charge in [-0.05, 0) is 49.1 Å². The zero-order valence-electron chi connectivity index (χ0n) is 14.4. The van der Waals surface area contributed by atoms with Crippen molar-refractivity contribution in [3.63, 3.8) is 0 Å². The van der Waals surface area contributed by atoms with Gasteiger partial charge in [-0.2, -0.15) is 0 Å². The molecule has 1 aromatic heterocycles. The van der Waals surface area contributed by atoms with Crippen LogP contribution in [0.4, 0.5) is 0 Å². The highest BCUT2D eigenvalue weighted by Gasteiger charge is 2.17. The topological polar surface area (TPSA) is 54.7 Å². The van der Waals surface area contributed by atoms with Crippen molar-refractivity contribution in [3.8, 4) is 5.75 Å². The van der Waals surface area contributed by atoms with E-state index in [2.05, 4.69) is 5.32 Å². The molecule has 25 heavy (non-hydrogen) atoms. The molecule has 0 radical (unpaired) electrons. The number of nitrogens with zero attached hydrogens (tertiary/aromatic N) is 1. The van der Waals surface area contributed by atoms with Crippen LogP contribution in [-0.2, 0) is 4.79 Å². The van der Waals surface area contributed by atoms with Crippen LogP contribution in [-0.4, -0.2) is 38.1 Å². The highest BCUT2D eigenvalue weighted by molar-refractivity contribution is 5.84. The molecule has 3 rings (SSSR count). The fraction of sp³-hybridized carbons (Fsp3) is 0.250. The van der Waals surface area contributed by atoms with E-state index in [1.165, 1.54) is 0 Å². The summed E-state index contributed by atoms with van der Waals surface area (Å²) in [4.78, 5) is 14.1. The molecule has 0 fully saturated rings. The number of carbonyl (C=O) groups excluding carboxylic acids is 1. The second-order valence-electron chi connectivity index (χ2n) is 6.10. The van der Waals surface area contributed by atoms with E-state index >= 15 is 0 Å². The molecule has 1 heterocycles. The van der Waals surface area contributed by atoms with Gasteiger partial charge in [-0.25, -0.2) is 0 Å². The minimum absolute atomic E-state index is 0.0142. The number of rotatable bonds is 7. The zero-order valence-corrected chi connectivity index (χ0v) is 14.4. The molecule has 3 aromatic rings. The first kappa shape index (κ1) is 17.0. The first-order valence-corrected chi connectivity index (χ1v) is 8.21. The molecule has 0 saturated carbocycles. The molecule has 0 spiro atoms. The molecule has 0 aliphatic rings. The summed E-state index contributed by atoms with van der Waals surface area (Å²) >= 11 is 0. The van der Waals surface area contributed by atoms with Gasteiger partial charge in [0.2, 0.25) is 0 Å². The van der Waals surface area contributed by atoms with Crippen molar-refractivity contribution < 1.29 is 13.9 Å². The van der Waals surface area contributed by atoms with Crippen LogP contribution >= 0.6 is 0 Å². The number of hydrogen-bond donors (Lipinski definition) is 1. The fourth-order valence-corrected chi connectivity index (χ4v) is 2.69. The van der Waals surface area contributed by atoms with E-state index in [0.717, 1.165) is 16.5 Å². The van der Waals surface area contributed by atoms with Crippen molar-refractivity contribution in [2.75, 3.05) is 27.2 Å². The van der Waals surface area contributed by atoms with E-state index in [1.54, 1.807) is 6.26 Å². The number of hydrogen-bond acceptors (Lipinski definition) is 4. The molecular formula is C20H22N2O3. The predicted octanol–water partition coefficient (Wildman–Crippen LogP) is 3.23. The maximum Gasteiger partial charge on any atom is 0.258 e. The lowest BCUT2D eigenvalue weighted by atomic mass is 10.1. The van der Waals surface area contributed by atoms with Crippen molar-refractivity contribution in [2.24, 2.45) is 0 Å². The monoisotopic (exact) mass is 338 g/mol. The normalized spacial score (nSPS) is 12.3. The number of ether oxygens (including phenoxy) is 1. The second kappa shape index (κ2) is 7.85. The number of nitrogens with one attached hydrogen (secondary N) is 1. The Bertz CT molecular complexity index is 828. The first-order chi connectivity index (χ1) is 12.1. The van der Waals surface area contributed by atoms with Gasteiger partial charge < -0.3 is 14.5 Å². The van der Waals surface area contributed by atoms with Crippen LogP contribution in [0.25, 0.3) is 10.8 Å². The largest absolute Gasteiger partial charge is 0.484 e. The Morgan fingerprint density at radius 3 is 2.64 bits per heavy atom. The number of carbonyl (C=O) groups is 1. The number of benzene rings is 2. The summed E-state index contributed by atoms with van der Waals surface area (Å²) in [5, 5.41) is 5.13.